The van der Waals surface area contributed by atoms with E-state index in [1.54, 1.807) is 12.1 Å². The maximum atomic E-state index is 12.0. The molecule has 0 saturated carbocycles. The largest absolute Gasteiger partial charge is 0.496 e. The smallest absolute Gasteiger partial charge is 0.241 e. The molecule has 0 aromatic heterocycles. The summed E-state index contributed by atoms with van der Waals surface area (Å²) in [4.78, 5) is 0.212. The van der Waals surface area contributed by atoms with E-state index in [1.807, 2.05) is 0 Å². The lowest BCUT2D eigenvalue weighted by molar-refractivity contribution is 0.406. The quantitative estimate of drug-likeness (QED) is 0.857. The number of hydrogen-bond acceptors (Lipinski definition) is 4. The first-order chi connectivity index (χ1) is 8.03. The number of methoxy groups -OCH3 is 1. The number of sulfonamides is 1. The van der Waals surface area contributed by atoms with E-state index in [0.717, 1.165) is 4.47 Å². The second kappa shape index (κ2) is 4.93. The number of ether oxygens (including phenoxy) is 1. The number of hydrogen-bond donors (Lipinski definition) is 2. The minimum Gasteiger partial charge on any atom is -0.496 e. The van der Waals surface area contributed by atoms with Crippen LogP contribution < -0.4 is 14.8 Å². The van der Waals surface area contributed by atoms with Crippen molar-refractivity contribution in [1.82, 2.24) is 10.0 Å². The van der Waals surface area contributed by atoms with Crippen molar-refractivity contribution in [1.29, 1.82) is 0 Å². The molecular formula is C10H13BrN2O3S. The third kappa shape index (κ3) is 2.79. The molecule has 17 heavy (non-hydrogen) atoms. The minimum atomic E-state index is -3.46. The normalized spacial score (nSPS) is 16.6. The lowest BCUT2D eigenvalue weighted by Gasteiger charge is -2.27. The van der Waals surface area contributed by atoms with Crippen LogP contribution in [0.15, 0.2) is 27.6 Å². The first-order valence-electron chi connectivity index (χ1n) is 5.09. The van der Waals surface area contributed by atoms with Crippen LogP contribution in [-0.2, 0) is 10.0 Å². The van der Waals surface area contributed by atoms with Gasteiger partial charge in [0.2, 0.25) is 10.0 Å². The fraction of sp³-hybridized carbons (Fsp3) is 0.400. The van der Waals surface area contributed by atoms with Crippen molar-refractivity contribution in [2.24, 2.45) is 0 Å². The molecule has 2 rings (SSSR count). The third-order valence-corrected chi connectivity index (χ3v) is 4.71. The van der Waals surface area contributed by atoms with Gasteiger partial charge in [0.25, 0.3) is 0 Å². The van der Waals surface area contributed by atoms with Crippen LogP contribution in [0.3, 0.4) is 0 Å². The van der Waals surface area contributed by atoms with Crippen LogP contribution in [0.25, 0.3) is 0 Å². The van der Waals surface area contributed by atoms with Gasteiger partial charge in [-0.25, -0.2) is 13.1 Å². The van der Waals surface area contributed by atoms with E-state index in [4.69, 9.17) is 4.74 Å². The summed E-state index contributed by atoms with van der Waals surface area (Å²) in [5, 5.41) is 3.01. The first-order valence-corrected chi connectivity index (χ1v) is 7.37. The Kier molecular flexibility index (Phi) is 3.72. The van der Waals surface area contributed by atoms with E-state index >= 15 is 0 Å². The zero-order valence-corrected chi connectivity index (χ0v) is 11.6. The summed E-state index contributed by atoms with van der Waals surface area (Å²) in [5.41, 5.74) is 0. The maximum absolute atomic E-state index is 12.0. The summed E-state index contributed by atoms with van der Waals surface area (Å²) in [7, 11) is -1.96. The summed E-state index contributed by atoms with van der Waals surface area (Å²) in [6.45, 7) is 1.35. The molecule has 7 heteroatoms. The summed E-state index contributed by atoms with van der Waals surface area (Å²) in [6, 6.07) is 4.68. The molecule has 1 heterocycles. The zero-order chi connectivity index (χ0) is 12.5. The van der Waals surface area contributed by atoms with Crippen molar-refractivity contribution < 1.29 is 13.2 Å². The van der Waals surface area contributed by atoms with Gasteiger partial charge in [-0.2, -0.15) is 0 Å². The Bertz CT molecular complexity index is 514. The Hall–Kier alpha value is -0.630. The molecule has 1 aliphatic rings. The van der Waals surface area contributed by atoms with Crippen LogP contribution in [-0.4, -0.2) is 34.7 Å². The molecule has 1 aliphatic heterocycles. The molecule has 1 saturated heterocycles. The third-order valence-electron chi connectivity index (χ3n) is 2.54. The summed E-state index contributed by atoms with van der Waals surface area (Å²) in [6.07, 6.45) is 0. The molecule has 1 aromatic rings. The molecule has 1 fully saturated rings. The second-order valence-electron chi connectivity index (χ2n) is 3.77. The monoisotopic (exact) mass is 320 g/mol. The summed E-state index contributed by atoms with van der Waals surface area (Å²) >= 11 is 3.28. The van der Waals surface area contributed by atoms with E-state index in [9.17, 15) is 8.42 Å². The van der Waals surface area contributed by atoms with Crippen molar-refractivity contribution in [3.05, 3.63) is 22.7 Å². The number of benzene rings is 1. The molecule has 0 amide bonds. The van der Waals surface area contributed by atoms with Crippen LogP contribution in [0.5, 0.6) is 5.75 Å². The molecule has 0 atom stereocenters. The fourth-order valence-corrected chi connectivity index (χ4v) is 3.13. The first kappa shape index (κ1) is 12.8. The van der Waals surface area contributed by atoms with Crippen molar-refractivity contribution in [3.8, 4) is 5.75 Å². The highest BCUT2D eigenvalue weighted by Crippen LogP contribution is 2.27. The Morgan fingerprint density at radius 2 is 2.18 bits per heavy atom. The Labute approximate surface area is 109 Å². The van der Waals surface area contributed by atoms with Gasteiger partial charge in [-0.15, -0.1) is 0 Å². The molecule has 1 aromatic carbocycles. The highest BCUT2D eigenvalue weighted by atomic mass is 79.9. The maximum Gasteiger partial charge on any atom is 0.241 e. The van der Waals surface area contributed by atoms with Crippen molar-refractivity contribution in [2.75, 3.05) is 20.2 Å². The van der Waals surface area contributed by atoms with Crippen LogP contribution >= 0.6 is 15.9 Å². The zero-order valence-electron chi connectivity index (χ0n) is 9.23. The Morgan fingerprint density at radius 1 is 1.47 bits per heavy atom. The van der Waals surface area contributed by atoms with Crippen LogP contribution in [0, 0.1) is 0 Å². The van der Waals surface area contributed by atoms with Crippen LogP contribution in [0.4, 0.5) is 0 Å². The van der Waals surface area contributed by atoms with Gasteiger partial charge in [0.15, 0.2) is 0 Å². The topological polar surface area (TPSA) is 67.4 Å². The molecule has 0 spiro atoms. The molecule has 0 unspecified atom stereocenters. The molecule has 5 nitrogen and oxygen atoms in total. The van der Waals surface area contributed by atoms with Gasteiger partial charge >= 0.3 is 0 Å². The van der Waals surface area contributed by atoms with Gasteiger partial charge in [-0.1, -0.05) is 0 Å². The minimum absolute atomic E-state index is 0.0189. The predicted molar refractivity (Wildman–Crippen MR) is 67.7 cm³/mol. The number of nitrogens with one attached hydrogen (secondary N) is 2. The van der Waals surface area contributed by atoms with E-state index in [-0.39, 0.29) is 10.9 Å². The lowest BCUT2D eigenvalue weighted by atomic mass is 10.2. The predicted octanol–water partition coefficient (Wildman–Crippen LogP) is 0.708. The average molecular weight is 321 g/mol. The summed E-state index contributed by atoms with van der Waals surface area (Å²) in [5.74, 6) is 0.500. The Morgan fingerprint density at radius 3 is 2.71 bits per heavy atom. The molecule has 94 valence electrons. The van der Waals surface area contributed by atoms with Gasteiger partial charge in [-0.3, -0.25) is 0 Å². The van der Waals surface area contributed by atoms with Crippen molar-refractivity contribution in [2.45, 2.75) is 10.9 Å². The lowest BCUT2D eigenvalue weighted by Crippen LogP contribution is -2.56. The van der Waals surface area contributed by atoms with E-state index in [0.29, 0.717) is 18.8 Å². The number of rotatable bonds is 4. The van der Waals surface area contributed by atoms with E-state index in [1.165, 1.54) is 13.2 Å². The second-order valence-corrected chi connectivity index (χ2v) is 6.34. The van der Waals surface area contributed by atoms with Crippen LogP contribution in [0.1, 0.15) is 0 Å². The SMILES string of the molecule is COc1cc(S(=O)(=O)NC2CNC2)ccc1Br. The molecule has 0 radical (unpaired) electrons. The van der Waals surface area contributed by atoms with Gasteiger partial charge in [0.1, 0.15) is 5.75 Å². The van der Waals surface area contributed by atoms with E-state index < -0.39 is 10.0 Å². The van der Waals surface area contributed by atoms with Crippen molar-refractivity contribution in [3.63, 3.8) is 0 Å². The molecular weight excluding hydrogens is 308 g/mol. The van der Waals surface area contributed by atoms with Gasteiger partial charge in [-0.05, 0) is 28.1 Å². The fourth-order valence-electron chi connectivity index (χ4n) is 1.47. The summed E-state index contributed by atoms with van der Waals surface area (Å²) < 4.78 is 32.4. The molecule has 0 aliphatic carbocycles. The average Bonchev–Trinajstić information content (AvgIpc) is 2.24. The van der Waals surface area contributed by atoms with Crippen LogP contribution in [0.2, 0.25) is 0 Å². The number of halogens is 1. The van der Waals surface area contributed by atoms with Gasteiger partial charge < -0.3 is 10.1 Å². The van der Waals surface area contributed by atoms with Gasteiger partial charge in [0, 0.05) is 25.2 Å². The van der Waals surface area contributed by atoms with Gasteiger partial charge in [0.05, 0.1) is 16.5 Å². The van der Waals surface area contributed by atoms with E-state index in [2.05, 4.69) is 26.0 Å². The molecule has 2 N–H and O–H groups in total. The Balaban J connectivity index is 2.25. The standard InChI is InChI=1S/C10H13BrN2O3S/c1-16-10-4-8(2-3-9(10)11)17(14,15)13-7-5-12-6-7/h2-4,7,12-13H,5-6H2,1H3. The van der Waals surface area contributed by atoms with Crippen molar-refractivity contribution >= 4 is 26.0 Å². The highest BCUT2D eigenvalue weighted by Gasteiger charge is 2.24. The highest BCUT2D eigenvalue weighted by molar-refractivity contribution is 9.10. The molecule has 0 bridgehead atoms.